The van der Waals surface area contributed by atoms with E-state index >= 15 is 0 Å². The Morgan fingerprint density at radius 1 is 1.15 bits per heavy atom. The van der Waals surface area contributed by atoms with Crippen LogP contribution in [0.3, 0.4) is 0 Å². The zero-order chi connectivity index (χ0) is 22.8. The summed E-state index contributed by atoms with van der Waals surface area (Å²) in [5.41, 5.74) is 4.33. The van der Waals surface area contributed by atoms with E-state index in [2.05, 4.69) is 21.4 Å². The Bertz CT molecular complexity index is 1250. The zero-order valence-electron chi connectivity index (χ0n) is 18.7. The monoisotopic (exact) mass is 442 g/mol. The van der Waals surface area contributed by atoms with Crippen molar-refractivity contribution in [2.75, 3.05) is 25.5 Å². The first-order valence-corrected chi connectivity index (χ1v) is 11.1. The van der Waals surface area contributed by atoms with E-state index < -0.39 is 0 Å². The molecule has 1 aromatic carbocycles. The van der Waals surface area contributed by atoms with E-state index in [9.17, 15) is 4.79 Å². The number of nitrogens with one attached hydrogen (secondary N) is 1. The number of hydrogen-bond donors (Lipinski definition) is 1. The zero-order valence-corrected chi connectivity index (χ0v) is 18.7. The number of methoxy groups -OCH3 is 1. The molecule has 5 rings (SSSR count). The molecule has 168 valence electrons. The van der Waals surface area contributed by atoms with Gasteiger partial charge in [-0.05, 0) is 62.2 Å². The number of likely N-dealkylation sites (tertiary alicyclic amines) is 1. The van der Waals surface area contributed by atoms with Gasteiger partial charge in [-0.1, -0.05) is 0 Å². The molecule has 1 aliphatic heterocycles. The van der Waals surface area contributed by atoms with Gasteiger partial charge in [0.1, 0.15) is 11.4 Å². The number of imidazole rings is 1. The lowest BCUT2D eigenvalue weighted by Gasteiger charge is -2.32. The van der Waals surface area contributed by atoms with Crippen LogP contribution in [0.2, 0.25) is 0 Å². The fourth-order valence-electron chi connectivity index (χ4n) is 4.31. The van der Waals surface area contributed by atoms with Crippen LogP contribution >= 0.6 is 0 Å². The lowest BCUT2D eigenvalue weighted by molar-refractivity contribution is 0.0700. The summed E-state index contributed by atoms with van der Waals surface area (Å²) in [6.45, 7) is 3.34. The molecule has 0 spiro atoms. The molecule has 1 saturated heterocycles. The molecule has 4 aromatic rings. The van der Waals surface area contributed by atoms with Gasteiger partial charge in [0.15, 0.2) is 0 Å². The minimum atomic E-state index is -0.0607. The quantitative estimate of drug-likeness (QED) is 0.499. The Hall–Kier alpha value is -3.94. The molecular formula is C25H26N6O2. The van der Waals surface area contributed by atoms with Gasteiger partial charge in [0, 0.05) is 60.4 Å². The SMILES string of the molecule is COc1ccc(Nc2cc(C)nc([C@H]3CCCN(C(=O)c4cn5cccnc5n4)C3)c2)cc1. The van der Waals surface area contributed by atoms with E-state index in [0.29, 0.717) is 18.0 Å². The minimum absolute atomic E-state index is 0.0607. The van der Waals surface area contributed by atoms with Crippen LogP contribution < -0.4 is 10.1 Å². The van der Waals surface area contributed by atoms with E-state index in [1.54, 1.807) is 23.9 Å². The number of aromatic nitrogens is 4. The van der Waals surface area contributed by atoms with Gasteiger partial charge in [-0.25, -0.2) is 9.97 Å². The van der Waals surface area contributed by atoms with Crippen LogP contribution in [0.1, 0.15) is 40.6 Å². The number of benzene rings is 1. The molecule has 3 aromatic heterocycles. The Kier molecular flexibility index (Phi) is 5.64. The molecular weight excluding hydrogens is 416 g/mol. The normalized spacial score (nSPS) is 16.1. The maximum Gasteiger partial charge on any atom is 0.274 e. The van der Waals surface area contributed by atoms with Gasteiger partial charge in [0.2, 0.25) is 5.78 Å². The number of fused-ring (bicyclic) bond motifs is 1. The molecule has 8 heteroatoms. The van der Waals surface area contributed by atoms with E-state index in [-0.39, 0.29) is 11.8 Å². The molecule has 0 saturated carbocycles. The minimum Gasteiger partial charge on any atom is -0.497 e. The van der Waals surface area contributed by atoms with Gasteiger partial charge in [0.05, 0.1) is 7.11 Å². The average Bonchev–Trinajstić information content (AvgIpc) is 3.28. The fourth-order valence-corrected chi connectivity index (χ4v) is 4.31. The molecule has 0 unspecified atom stereocenters. The first-order chi connectivity index (χ1) is 16.1. The van der Waals surface area contributed by atoms with Crippen LogP contribution in [0.25, 0.3) is 5.78 Å². The lowest BCUT2D eigenvalue weighted by atomic mass is 9.93. The third-order valence-corrected chi connectivity index (χ3v) is 5.93. The van der Waals surface area contributed by atoms with Crippen molar-refractivity contribution in [2.24, 2.45) is 0 Å². The third kappa shape index (κ3) is 4.50. The third-order valence-electron chi connectivity index (χ3n) is 5.93. The van der Waals surface area contributed by atoms with Crippen LogP contribution in [0.4, 0.5) is 11.4 Å². The molecule has 0 radical (unpaired) electrons. The fraction of sp³-hybridized carbons (Fsp3) is 0.280. The van der Waals surface area contributed by atoms with Crippen molar-refractivity contribution < 1.29 is 9.53 Å². The first-order valence-electron chi connectivity index (χ1n) is 11.1. The average molecular weight is 443 g/mol. The number of aryl methyl sites for hydroxylation is 1. The number of nitrogens with zero attached hydrogens (tertiary/aromatic N) is 5. The number of ether oxygens (including phenoxy) is 1. The summed E-state index contributed by atoms with van der Waals surface area (Å²) < 4.78 is 7.01. The van der Waals surface area contributed by atoms with E-state index in [4.69, 9.17) is 9.72 Å². The van der Waals surface area contributed by atoms with E-state index in [0.717, 1.165) is 47.9 Å². The second-order valence-corrected chi connectivity index (χ2v) is 8.32. The Labute approximate surface area is 192 Å². The molecule has 1 amide bonds. The topological polar surface area (TPSA) is 84.7 Å². The van der Waals surface area contributed by atoms with Crippen molar-refractivity contribution in [1.29, 1.82) is 0 Å². The Balaban J connectivity index is 1.33. The van der Waals surface area contributed by atoms with Crippen LogP contribution in [-0.2, 0) is 0 Å². The highest BCUT2D eigenvalue weighted by molar-refractivity contribution is 5.92. The molecule has 1 aliphatic rings. The van der Waals surface area contributed by atoms with Crippen molar-refractivity contribution in [3.05, 3.63) is 78.1 Å². The second kappa shape index (κ2) is 8.90. The van der Waals surface area contributed by atoms with Crippen LogP contribution in [0.15, 0.2) is 61.1 Å². The summed E-state index contributed by atoms with van der Waals surface area (Å²) in [7, 11) is 1.66. The van der Waals surface area contributed by atoms with Gasteiger partial charge >= 0.3 is 0 Å². The van der Waals surface area contributed by atoms with Crippen LogP contribution in [0.5, 0.6) is 5.75 Å². The van der Waals surface area contributed by atoms with Crippen LogP contribution in [-0.4, -0.2) is 50.4 Å². The molecule has 1 atom stereocenters. The van der Waals surface area contributed by atoms with Gasteiger partial charge in [-0.2, -0.15) is 0 Å². The summed E-state index contributed by atoms with van der Waals surface area (Å²) in [4.78, 5) is 28.5. The van der Waals surface area contributed by atoms with Crippen LogP contribution in [0, 0.1) is 6.92 Å². The predicted molar refractivity (Wildman–Crippen MR) is 126 cm³/mol. The first kappa shape index (κ1) is 20.9. The number of carbonyl (C=O) groups excluding carboxylic acids is 1. The number of hydrogen-bond acceptors (Lipinski definition) is 6. The van der Waals surface area contributed by atoms with Crippen molar-refractivity contribution >= 4 is 23.1 Å². The van der Waals surface area contributed by atoms with Gasteiger partial charge in [-0.15, -0.1) is 0 Å². The molecule has 0 bridgehead atoms. The van der Waals surface area contributed by atoms with Crippen molar-refractivity contribution in [2.45, 2.75) is 25.7 Å². The smallest absolute Gasteiger partial charge is 0.274 e. The molecule has 4 heterocycles. The predicted octanol–water partition coefficient (Wildman–Crippen LogP) is 4.20. The molecule has 1 N–H and O–H groups in total. The number of pyridine rings is 1. The van der Waals surface area contributed by atoms with E-state index in [1.807, 2.05) is 54.4 Å². The maximum absolute atomic E-state index is 13.2. The van der Waals surface area contributed by atoms with Gasteiger partial charge in [-0.3, -0.25) is 14.2 Å². The Morgan fingerprint density at radius 3 is 2.79 bits per heavy atom. The largest absolute Gasteiger partial charge is 0.497 e. The standard InChI is InChI=1S/C25H26N6O2/c1-17-13-20(28-19-6-8-21(33-2)9-7-19)14-22(27-17)18-5-3-11-30(15-18)24(32)23-16-31-12-4-10-26-25(31)29-23/h4,6-10,12-14,16,18H,3,5,11,15H2,1-2H3,(H,27,28)/t18-/m0/s1. The van der Waals surface area contributed by atoms with Crippen molar-refractivity contribution in [3.63, 3.8) is 0 Å². The maximum atomic E-state index is 13.2. The number of rotatable bonds is 5. The molecule has 33 heavy (non-hydrogen) atoms. The highest BCUT2D eigenvalue weighted by Gasteiger charge is 2.28. The summed E-state index contributed by atoms with van der Waals surface area (Å²) in [5.74, 6) is 1.47. The number of amides is 1. The Morgan fingerprint density at radius 2 is 2.00 bits per heavy atom. The molecule has 1 fully saturated rings. The molecule has 0 aliphatic carbocycles. The number of carbonyl (C=O) groups is 1. The highest BCUT2D eigenvalue weighted by atomic mass is 16.5. The van der Waals surface area contributed by atoms with Gasteiger partial charge in [0.25, 0.3) is 5.91 Å². The summed E-state index contributed by atoms with van der Waals surface area (Å²) in [5, 5.41) is 3.45. The van der Waals surface area contributed by atoms with Crippen molar-refractivity contribution in [1.82, 2.24) is 24.3 Å². The number of piperidine rings is 1. The molecule has 8 nitrogen and oxygen atoms in total. The highest BCUT2D eigenvalue weighted by Crippen LogP contribution is 2.30. The lowest BCUT2D eigenvalue weighted by Crippen LogP contribution is -2.39. The summed E-state index contributed by atoms with van der Waals surface area (Å²) in [6, 6.07) is 13.8. The van der Waals surface area contributed by atoms with E-state index in [1.165, 1.54) is 0 Å². The van der Waals surface area contributed by atoms with Gasteiger partial charge < -0.3 is 15.0 Å². The number of anilines is 2. The second-order valence-electron chi connectivity index (χ2n) is 8.32. The summed E-state index contributed by atoms with van der Waals surface area (Å²) >= 11 is 0. The van der Waals surface area contributed by atoms with Crippen molar-refractivity contribution in [3.8, 4) is 5.75 Å². The summed E-state index contributed by atoms with van der Waals surface area (Å²) in [6.07, 6.45) is 7.19.